The third-order valence-electron chi connectivity index (χ3n) is 6.23. The molecule has 0 bridgehead atoms. The van der Waals surface area contributed by atoms with E-state index < -0.39 is 27.8 Å². The highest BCUT2D eigenvalue weighted by Crippen LogP contribution is 2.44. The molecule has 0 radical (unpaired) electrons. The average molecular weight is 483 g/mol. The molecule has 10 heteroatoms. The third kappa shape index (κ3) is 4.86. The molecule has 1 atom stereocenters. The van der Waals surface area contributed by atoms with E-state index in [-0.39, 0.29) is 35.4 Å². The number of amides is 1. The van der Waals surface area contributed by atoms with E-state index in [0.29, 0.717) is 11.3 Å². The van der Waals surface area contributed by atoms with Crippen LogP contribution in [0.4, 0.5) is 13.2 Å². The molecule has 2 aromatic carbocycles. The van der Waals surface area contributed by atoms with Crippen LogP contribution in [0.15, 0.2) is 47.4 Å². The lowest BCUT2D eigenvalue weighted by molar-refractivity contribution is -0.137. The monoisotopic (exact) mass is 482 g/mol. The third-order valence-corrected chi connectivity index (χ3v) is 8.16. The summed E-state index contributed by atoms with van der Waals surface area (Å²) in [5.41, 5.74) is -0.312. The molecule has 0 spiro atoms. The quantitative estimate of drug-likeness (QED) is 0.662. The average Bonchev–Trinajstić information content (AvgIpc) is 3.34. The Labute approximate surface area is 190 Å². The van der Waals surface area contributed by atoms with Gasteiger partial charge in [0.25, 0.3) is 0 Å². The Morgan fingerprint density at radius 2 is 1.79 bits per heavy atom. The van der Waals surface area contributed by atoms with E-state index in [4.69, 9.17) is 4.74 Å². The molecular formula is C23H25F3N2O4S. The predicted octanol–water partition coefficient (Wildman–Crippen LogP) is 4.41. The van der Waals surface area contributed by atoms with Crippen LogP contribution in [0.2, 0.25) is 0 Å². The van der Waals surface area contributed by atoms with Gasteiger partial charge in [0.1, 0.15) is 5.75 Å². The van der Waals surface area contributed by atoms with Gasteiger partial charge < -0.3 is 10.1 Å². The Bertz CT molecular complexity index is 1130. The number of halogens is 3. The summed E-state index contributed by atoms with van der Waals surface area (Å²) in [5.74, 6) is 0.223. The molecule has 178 valence electrons. The van der Waals surface area contributed by atoms with E-state index in [2.05, 4.69) is 5.32 Å². The van der Waals surface area contributed by atoms with Crippen LogP contribution in [-0.2, 0) is 27.5 Å². The van der Waals surface area contributed by atoms with Crippen LogP contribution < -0.4 is 10.1 Å². The summed E-state index contributed by atoms with van der Waals surface area (Å²) in [5, 5.41) is 2.91. The van der Waals surface area contributed by atoms with E-state index in [1.807, 2.05) is 0 Å². The molecule has 4 rings (SSSR count). The second kappa shape index (κ2) is 8.98. The lowest BCUT2D eigenvalue weighted by Gasteiger charge is -2.24. The summed E-state index contributed by atoms with van der Waals surface area (Å²) in [6.07, 6.45) is -1.18. The largest absolute Gasteiger partial charge is 0.497 e. The molecule has 0 aromatic heterocycles. The molecule has 1 N–H and O–H groups in total. The van der Waals surface area contributed by atoms with Crippen LogP contribution >= 0.6 is 0 Å². The van der Waals surface area contributed by atoms with Crippen LogP contribution in [0.3, 0.4) is 0 Å². The molecule has 2 aliphatic rings. The number of ether oxygens (including phenoxy) is 1. The summed E-state index contributed by atoms with van der Waals surface area (Å²) in [6, 6.07) is 8.33. The summed E-state index contributed by atoms with van der Waals surface area (Å²) in [7, 11) is -2.58. The van der Waals surface area contributed by atoms with Gasteiger partial charge in [0, 0.05) is 19.0 Å². The first-order valence-corrected chi connectivity index (χ1v) is 12.2. The number of benzene rings is 2. The molecule has 1 saturated carbocycles. The molecule has 1 amide bonds. The maximum atomic E-state index is 13.4. The maximum Gasteiger partial charge on any atom is 0.416 e. The first kappa shape index (κ1) is 23.6. The van der Waals surface area contributed by atoms with Gasteiger partial charge in [-0.3, -0.25) is 4.79 Å². The standard InChI is InChI=1S/C23H25F3N2O4S/c1-32-18-9-6-15(7-10-18)14-28-20(13-22(29)27-17-4-2-3-5-17)19-12-16(23(24,25)26)8-11-21(19)33(28,30)31/h6-12,17,20H,2-5,13-14H2,1H3,(H,27,29)/t20-/m0/s1. The fourth-order valence-electron chi connectivity index (χ4n) is 4.52. The van der Waals surface area contributed by atoms with Gasteiger partial charge in [-0.1, -0.05) is 25.0 Å². The normalized spacial score (nSPS) is 20.5. The van der Waals surface area contributed by atoms with E-state index in [1.165, 1.54) is 7.11 Å². The SMILES string of the molecule is COc1ccc(CN2[C@@H](CC(=O)NC3CCCC3)c3cc(C(F)(F)F)ccc3S2(=O)=O)cc1. The number of hydrogen-bond donors (Lipinski definition) is 1. The van der Waals surface area contributed by atoms with Crippen molar-refractivity contribution in [1.29, 1.82) is 0 Å². The lowest BCUT2D eigenvalue weighted by atomic mass is 9.99. The zero-order valence-corrected chi connectivity index (χ0v) is 18.9. The number of fused-ring (bicyclic) bond motifs is 1. The predicted molar refractivity (Wildman–Crippen MR) is 115 cm³/mol. The Morgan fingerprint density at radius 1 is 1.12 bits per heavy atom. The van der Waals surface area contributed by atoms with Gasteiger partial charge in [-0.2, -0.15) is 17.5 Å². The van der Waals surface area contributed by atoms with Crippen LogP contribution in [0, 0.1) is 0 Å². The molecule has 1 aliphatic heterocycles. The topological polar surface area (TPSA) is 75.7 Å². The van der Waals surface area contributed by atoms with E-state index in [0.717, 1.165) is 48.2 Å². The fourth-order valence-corrected chi connectivity index (χ4v) is 6.35. The number of carbonyl (C=O) groups excluding carboxylic acids is 1. The second-order valence-corrected chi connectivity index (χ2v) is 10.3. The zero-order valence-electron chi connectivity index (χ0n) is 18.1. The van der Waals surface area contributed by atoms with Crippen molar-refractivity contribution in [2.24, 2.45) is 0 Å². The molecule has 1 aliphatic carbocycles. The van der Waals surface area contributed by atoms with Gasteiger partial charge >= 0.3 is 6.18 Å². The fraction of sp³-hybridized carbons (Fsp3) is 0.435. The summed E-state index contributed by atoms with van der Waals surface area (Å²) < 4.78 is 72.9. The van der Waals surface area contributed by atoms with Gasteiger partial charge in [-0.05, 0) is 54.3 Å². The lowest BCUT2D eigenvalue weighted by Crippen LogP contribution is -2.36. The van der Waals surface area contributed by atoms with Crippen LogP contribution in [0.25, 0.3) is 0 Å². The smallest absolute Gasteiger partial charge is 0.416 e. The molecule has 0 saturated heterocycles. The van der Waals surface area contributed by atoms with Gasteiger partial charge in [-0.15, -0.1) is 0 Å². The minimum absolute atomic E-state index is 0.0000846. The van der Waals surface area contributed by atoms with Crippen LogP contribution in [-0.4, -0.2) is 31.8 Å². The highest BCUT2D eigenvalue weighted by atomic mass is 32.2. The second-order valence-electron chi connectivity index (χ2n) is 8.42. The summed E-state index contributed by atoms with van der Waals surface area (Å²) in [6.45, 7) is -0.0796. The number of carbonyl (C=O) groups is 1. The van der Waals surface area contributed by atoms with Crippen molar-refractivity contribution in [2.75, 3.05) is 7.11 Å². The Kier molecular flexibility index (Phi) is 6.41. The van der Waals surface area contributed by atoms with Crippen molar-refractivity contribution in [1.82, 2.24) is 9.62 Å². The maximum absolute atomic E-state index is 13.4. The minimum Gasteiger partial charge on any atom is -0.497 e. The van der Waals surface area contributed by atoms with Gasteiger partial charge in [-0.25, -0.2) is 8.42 Å². The number of hydrogen-bond acceptors (Lipinski definition) is 4. The van der Waals surface area contributed by atoms with Gasteiger partial charge in [0.15, 0.2) is 0 Å². The van der Waals surface area contributed by atoms with Gasteiger partial charge in [0.05, 0.1) is 23.6 Å². The van der Waals surface area contributed by atoms with E-state index >= 15 is 0 Å². The molecular weight excluding hydrogens is 457 g/mol. The first-order valence-electron chi connectivity index (χ1n) is 10.7. The molecule has 6 nitrogen and oxygen atoms in total. The minimum atomic E-state index is -4.63. The number of rotatable bonds is 6. The summed E-state index contributed by atoms with van der Waals surface area (Å²) >= 11 is 0. The van der Waals surface area contributed by atoms with Gasteiger partial charge in [0.2, 0.25) is 15.9 Å². The van der Waals surface area contributed by atoms with Crippen LogP contribution in [0.1, 0.15) is 54.8 Å². The first-order chi connectivity index (χ1) is 15.6. The van der Waals surface area contributed by atoms with E-state index in [9.17, 15) is 26.4 Å². The number of sulfonamides is 1. The summed E-state index contributed by atoms with van der Waals surface area (Å²) in [4.78, 5) is 12.6. The molecule has 2 aromatic rings. The Hall–Kier alpha value is -2.59. The van der Waals surface area contributed by atoms with Crippen molar-refractivity contribution in [3.63, 3.8) is 0 Å². The molecule has 33 heavy (non-hydrogen) atoms. The van der Waals surface area contributed by atoms with Crippen molar-refractivity contribution in [2.45, 2.75) is 61.8 Å². The molecule has 1 heterocycles. The Balaban J connectivity index is 1.69. The molecule has 0 unspecified atom stereocenters. The van der Waals surface area contributed by atoms with Crippen molar-refractivity contribution >= 4 is 15.9 Å². The number of alkyl halides is 3. The molecule has 1 fully saturated rings. The van der Waals surface area contributed by atoms with E-state index in [1.54, 1.807) is 24.3 Å². The zero-order chi connectivity index (χ0) is 23.8. The van der Waals surface area contributed by atoms with Crippen molar-refractivity contribution in [3.8, 4) is 5.75 Å². The number of nitrogens with zero attached hydrogens (tertiary/aromatic N) is 1. The number of methoxy groups -OCH3 is 1. The highest BCUT2D eigenvalue weighted by Gasteiger charge is 2.45. The van der Waals surface area contributed by atoms with Crippen LogP contribution in [0.5, 0.6) is 5.75 Å². The van der Waals surface area contributed by atoms with Crippen molar-refractivity contribution < 1.29 is 31.1 Å². The highest BCUT2D eigenvalue weighted by molar-refractivity contribution is 7.89. The van der Waals surface area contributed by atoms with Crippen molar-refractivity contribution in [3.05, 3.63) is 59.2 Å². The number of nitrogens with one attached hydrogen (secondary N) is 1. The Morgan fingerprint density at radius 3 is 2.39 bits per heavy atom.